The van der Waals surface area contributed by atoms with Crippen LogP contribution in [0.5, 0.6) is 5.75 Å². The molecule has 1 unspecified atom stereocenters. The van der Waals surface area contributed by atoms with Crippen LogP contribution in [-0.4, -0.2) is 25.1 Å². The number of aliphatic imine (C=N–C) groups is 1. The molecule has 2 N–H and O–H groups in total. The predicted molar refractivity (Wildman–Crippen MR) is 106 cm³/mol. The number of rotatable bonds is 5. The van der Waals surface area contributed by atoms with Gasteiger partial charge in [0.15, 0.2) is 17.5 Å². The zero-order valence-electron chi connectivity index (χ0n) is 16.2. The van der Waals surface area contributed by atoms with E-state index in [1.165, 1.54) is 13.2 Å². The van der Waals surface area contributed by atoms with Crippen molar-refractivity contribution in [3.05, 3.63) is 45.7 Å². The summed E-state index contributed by atoms with van der Waals surface area (Å²) in [4.78, 5) is 8.90. The molecule has 0 amide bonds. The van der Waals surface area contributed by atoms with Crippen molar-refractivity contribution in [1.29, 1.82) is 0 Å². The Hall–Kier alpha value is -2.15. The Balaban J connectivity index is 1.97. The van der Waals surface area contributed by atoms with E-state index in [-0.39, 0.29) is 23.0 Å². The molecule has 0 saturated carbocycles. The van der Waals surface area contributed by atoms with Crippen LogP contribution in [0, 0.1) is 5.82 Å². The summed E-state index contributed by atoms with van der Waals surface area (Å²) in [5.74, 6) is 0.502. The zero-order valence-corrected chi connectivity index (χ0v) is 17.0. The molecule has 142 valence electrons. The minimum absolute atomic E-state index is 0.0433. The second-order valence-corrected chi connectivity index (χ2v) is 8.00. The zero-order chi connectivity index (χ0) is 19.3. The van der Waals surface area contributed by atoms with Gasteiger partial charge < -0.3 is 15.4 Å². The van der Waals surface area contributed by atoms with Crippen LogP contribution in [0.2, 0.25) is 0 Å². The van der Waals surface area contributed by atoms with Crippen molar-refractivity contribution < 1.29 is 9.13 Å². The Labute approximate surface area is 158 Å². The average molecular weight is 379 g/mol. The number of benzene rings is 1. The number of guanidine groups is 1. The van der Waals surface area contributed by atoms with Crippen molar-refractivity contribution in [3.63, 3.8) is 0 Å². The third-order valence-electron chi connectivity index (χ3n) is 3.98. The van der Waals surface area contributed by atoms with E-state index < -0.39 is 0 Å². The van der Waals surface area contributed by atoms with E-state index >= 15 is 0 Å². The molecule has 7 heteroatoms. The molecule has 26 heavy (non-hydrogen) atoms. The third kappa shape index (κ3) is 5.17. The van der Waals surface area contributed by atoms with Crippen molar-refractivity contribution in [1.82, 2.24) is 15.6 Å². The summed E-state index contributed by atoms with van der Waals surface area (Å²) in [5.41, 5.74) is 1.95. The van der Waals surface area contributed by atoms with Crippen LogP contribution < -0.4 is 15.4 Å². The molecule has 0 aliphatic heterocycles. The van der Waals surface area contributed by atoms with Crippen LogP contribution in [0.15, 0.2) is 28.6 Å². The average Bonchev–Trinajstić information content (AvgIpc) is 3.07. The molecule has 0 fully saturated rings. The predicted octanol–water partition coefficient (Wildman–Crippen LogP) is 4.01. The largest absolute Gasteiger partial charge is 0.494 e. The van der Waals surface area contributed by atoms with Crippen molar-refractivity contribution >= 4 is 17.3 Å². The van der Waals surface area contributed by atoms with Crippen molar-refractivity contribution in [2.24, 2.45) is 4.99 Å². The van der Waals surface area contributed by atoms with E-state index in [0.29, 0.717) is 12.5 Å². The number of aromatic nitrogens is 1. The Kier molecular flexibility index (Phi) is 6.58. The lowest BCUT2D eigenvalue weighted by Gasteiger charge is -2.18. The molecule has 0 radical (unpaired) electrons. The third-order valence-corrected chi connectivity index (χ3v) is 4.83. The highest BCUT2D eigenvalue weighted by Gasteiger charge is 2.17. The lowest BCUT2D eigenvalue weighted by Crippen LogP contribution is -2.38. The summed E-state index contributed by atoms with van der Waals surface area (Å²) < 4.78 is 18.9. The summed E-state index contributed by atoms with van der Waals surface area (Å²) in [6.07, 6.45) is 0. The number of hydrogen-bond acceptors (Lipinski definition) is 4. The van der Waals surface area contributed by atoms with Crippen LogP contribution in [0.4, 0.5) is 4.39 Å². The van der Waals surface area contributed by atoms with Crippen LogP contribution in [0.1, 0.15) is 50.0 Å². The smallest absolute Gasteiger partial charge is 0.191 e. The second kappa shape index (κ2) is 8.49. The second-order valence-electron chi connectivity index (χ2n) is 7.06. The number of ether oxygens (including phenoxy) is 1. The van der Waals surface area contributed by atoms with E-state index in [1.54, 1.807) is 24.5 Å². The molecule has 2 rings (SSSR count). The van der Waals surface area contributed by atoms with Gasteiger partial charge >= 0.3 is 0 Å². The summed E-state index contributed by atoms with van der Waals surface area (Å²) in [6, 6.07) is 4.83. The first-order valence-corrected chi connectivity index (χ1v) is 9.38. The Morgan fingerprint density at radius 2 is 2.12 bits per heavy atom. The Morgan fingerprint density at radius 1 is 1.38 bits per heavy atom. The van der Waals surface area contributed by atoms with Gasteiger partial charge in [-0.2, -0.15) is 0 Å². The molecule has 1 heterocycles. The molecule has 0 spiro atoms. The number of methoxy groups -OCH3 is 1. The molecular weight excluding hydrogens is 351 g/mol. The Bertz CT molecular complexity index is 767. The standard InChI is InChI=1S/C19H27FN4OS/c1-12(13-7-8-15(25-6)14(20)9-13)23-18(21-5)22-10-17-24-16(11-26-17)19(2,3)4/h7-9,11-12H,10H2,1-6H3,(H2,21,22,23). The van der Waals surface area contributed by atoms with E-state index in [9.17, 15) is 4.39 Å². The van der Waals surface area contributed by atoms with Crippen LogP contribution in [0.3, 0.4) is 0 Å². The molecule has 1 aromatic heterocycles. The van der Waals surface area contributed by atoms with Gasteiger partial charge in [0.2, 0.25) is 0 Å². The van der Waals surface area contributed by atoms with E-state index in [2.05, 4.69) is 46.8 Å². The van der Waals surface area contributed by atoms with E-state index in [1.807, 2.05) is 13.0 Å². The monoisotopic (exact) mass is 378 g/mol. The SMILES string of the molecule is CN=C(NCc1nc(C(C)(C)C)cs1)NC(C)c1ccc(OC)c(F)c1. The number of hydrogen-bond donors (Lipinski definition) is 2. The number of nitrogens with one attached hydrogen (secondary N) is 2. The number of halogens is 1. The fourth-order valence-corrected chi connectivity index (χ4v) is 3.29. The van der Waals surface area contributed by atoms with Crippen molar-refractivity contribution in [2.45, 2.75) is 45.7 Å². The maximum atomic E-state index is 13.9. The van der Waals surface area contributed by atoms with Gasteiger partial charge in [-0.3, -0.25) is 4.99 Å². The molecule has 5 nitrogen and oxygen atoms in total. The van der Waals surface area contributed by atoms with E-state index in [0.717, 1.165) is 16.3 Å². The van der Waals surface area contributed by atoms with Gasteiger partial charge in [0, 0.05) is 17.8 Å². The molecular formula is C19H27FN4OS. The summed E-state index contributed by atoms with van der Waals surface area (Å²) in [7, 11) is 3.16. The van der Waals surface area contributed by atoms with Crippen LogP contribution in [-0.2, 0) is 12.0 Å². The lowest BCUT2D eigenvalue weighted by molar-refractivity contribution is 0.386. The fraction of sp³-hybridized carbons (Fsp3) is 0.474. The number of thiazole rings is 1. The van der Waals surface area contributed by atoms with Gasteiger partial charge in [-0.25, -0.2) is 9.37 Å². The maximum Gasteiger partial charge on any atom is 0.191 e. The highest BCUT2D eigenvalue weighted by molar-refractivity contribution is 7.09. The first kappa shape index (κ1) is 20.2. The molecule has 1 aromatic carbocycles. The lowest BCUT2D eigenvalue weighted by atomic mass is 9.93. The van der Waals surface area contributed by atoms with Crippen molar-refractivity contribution in [2.75, 3.05) is 14.2 Å². The fourth-order valence-electron chi connectivity index (χ4n) is 2.33. The van der Waals surface area contributed by atoms with E-state index in [4.69, 9.17) is 4.74 Å². The normalized spacial score (nSPS) is 13.4. The van der Waals surface area contributed by atoms with Gasteiger partial charge in [-0.05, 0) is 24.6 Å². The quantitative estimate of drug-likeness (QED) is 0.610. The highest BCUT2D eigenvalue weighted by Crippen LogP contribution is 2.24. The molecule has 0 aliphatic rings. The first-order valence-electron chi connectivity index (χ1n) is 8.50. The molecule has 0 aliphatic carbocycles. The van der Waals surface area contributed by atoms with Gasteiger partial charge in [0.05, 0.1) is 25.4 Å². The number of nitrogens with zero attached hydrogens (tertiary/aromatic N) is 2. The topological polar surface area (TPSA) is 58.5 Å². The minimum atomic E-state index is -0.376. The first-order chi connectivity index (χ1) is 12.2. The van der Waals surface area contributed by atoms with Gasteiger partial charge in [0.25, 0.3) is 0 Å². The summed E-state index contributed by atoms with van der Waals surface area (Å²) >= 11 is 1.63. The Morgan fingerprint density at radius 3 is 2.65 bits per heavy atom. The van der Waals surface area contributed by atoms with Crippen LogP contribution in [0.25, 0.3) is 0 Å². The van der Waals surface area contributed by atoms with Gasteiger partial charge in [-0.1, -0.05) is 26.8 Å². The molecule has 1 atom stereocenters. The van der Waals surface area contributed by atoms with Crippen LogP contribution >= 0.6 is 11.3 Å². The van der Waals surface area contributed by atoms with Gasteiger partial charge in [0.1, 0.15) is 5.01 Å². The van der Waals surface area contributed by atoms with Gasteiger partial charge in [-0.15, -0.1) is 11.3 Å². The summed E-state index contributed by atoms with van der Waals surface area (Å²) in [5, 5.41) is 9.61. The highest BCUT2D eigenvalue weighted by atomic mass is 32.1. The molecule has 0 bridgehead atoms. The maximum absolute atomic E-state index is 13.9. The molecule has 2 aromatic rings. The van der Waals surface area contributed by atoms with Crippen molar-refractivity contribution in [3.8, 4) is 5.75 Å². The molecule has 0 saturated heterocycles. The summed E-state index contributed by atoms with van der Waals surface area (Å²) in [6.45, 7) is 8.99. The minimum Gasteiger partial charge on any atom is -0.494 e.